The molecule has 0 fully saturated rings. The van der Waals surface area contributed by atoms with Gasteiger partial charge in [0.15, 0.2) is 0 Å². The highest BCUT2D eigenvalue weighted by Crippen LogP contribution is 2.27. The van der Waals surface area contributed by atoms with Crippen LogP contribution in [-0.2, 0) is 6.54 Å². The molecule has 0 aliphatic heterocycles. The van der Waals surface area contributed by atoms with Crippen LogP contribution in [0.15, 0.2) is 34.1 Å². The van der Waals surface area contributed by atoms with E-state index in [1.807, 2.05) is 18.2 Å². The molecule has 0 saturated carbocycles. The first kappa shape index (κ1) is 12.0. The molecule has 0 atom stereocenters. The van der Waals surface area contributed by atoms with Gasteiger partial charge in [0.25, 0.3) is 0 Å². The van der Waals surface area contributed by atoms with E-state index in [1.54, 1.807) is 11.3 Å². The van der Waals surface area contributed by atoms with Gasteiger partial charge in [-0.1, -0.05) is 27.5 Å². The highest BCUT2D eigenvalue weighted by molar-refractivity contribution is 9.10. The summed E-state index contributed by atoms with van der Waals surface area (Å²) in [6.45, 7) is 2.94. The van der Waals surface area contributed by atoms with Crippen LogP contribution in [0.5, 0.6) is 0 Å². The highest BCUT2D eigenvalue weighted by atomic mass is 79.9. The topological polar surface area (TPSA) is 12.0 Å². The molecule has 0 saturated heterocycles. The summed E-state index contributed by atoms with van der Waals surface area (Å²) in [5, 5.41) is 6.20. The minimum absolute atomic E-state index is 0.748. The Hall–Kier alpha value is -0.510. The van der Waals surface area contributed by atoms with Crippen molar-refractivity contribution in [2.24, 2.45) is 0 Å². The summed E-state index contributed by atoms with van der Waals surface area (Å²) < 4.78 is 1.03. The molecule has 16 heavy (non-hydrogen) atoms. The van der Waals surface area contributed by atoms with Crippen LogP contribution in [0.4, 0.5) is 5.69 Å². The van der Waals surface area contributed by atoms with E-state index in [9.17, 15) is 0 Å². The zero-order chi connectivity index (χ0) is 11.5. The molecule has 0 amide bonds. The van der Waals surface area contributed by atoms with Crippen molar-refractivity contribution in [3.05, 3.63) is 49.6 Å². The fourth-order valence-electron chi connectivity index (χ4n) is 1.39. The fourth-order valence-corrected chi connectivity index (χ4v) is 2.78. The van der Waals surface area contributed by atoms with E-state index in [4.69, 9.17) is 11.6 Å². The third-order valence-electron chi connectivity index (χ3n) is 2.34. The molecule has 1 aromatic heterocycles. The SMILES string of the molecule is Cc1ccsc1CNc1cc(Br)ccc1Cl. The Bertz CT molecular complexity index is 496. The largest absolute Gasteiger partial charge is 0.379 e. The molecule has 1 heterocycles. The van der Waals surface area contributed by atoms with E-state index in [1.165, 1.54) is 10.4 Å². The first-order chi connectivity index (χ1) is 7.66. The van der Waals surface area contributed by atoms with Crippen molar-refractivity contribution in [2.75, 3.05) is 5.32 Å². The summed E-state index contributed by atoms with van der Waals surface area (Å²) >= 11 is 11.3. The van der Waals surface area contributed by atoms with E-state index in [0.29, 0.717) is 0 Å². The molecule has 2 rings (SSSR count). The number of benzene rings is 1. The van der Waals surface area contributed by atoms with E-state index in [2.05, 4.69) is 39.6 Å². The number of hydrogen-bond donors (Lipinski definition) is 1. The lowest BCUT2D eigenvalue weighted by atomic mass is 10.2. The maximum Gasteiger partial charge on any atom is 0.0638 e. The van der Waals surface area contributed by atoms with Gasteiger partial charge in [0.1, 0.15) is 0 Å². The monoisotopic (exact) mass is 315 g/mol. The summed E-state index contributed by atoms with van der Waals surface area (Å²) in [5.41, 5.74) is 2.28. The van der Waals surface area contributed by atoms with E-state index < -0.39 is 0 Å². The number of aryl methyl sites for hydroxylation is 1. The average molecular weight is 317 g/mol. The van der Waals surface area contributed by atoms with Gasteiger partial charge in [-0.15, -0.1) is 11.3 Å². The summed E-state index contributed by atoms with van der Waals surface area (Å²) in [6.07, 6.45) is 0. The number of halogens is 2. The predicted octanol–water partition coefficient (Wildman–Crippen LogP) is 5.08. The number of anilines is 1. The van der Waals surface area contributed by atoms with Crippen LogP contribution < -0.4 is 5.32 Å². The second-order valence-electron chi connectivity index (χ2n) is 3.50. The Morgan fingerprint density at radius 2 is 2.19 bits per heavy atom. The Morgan fingerprint density at radius 3 is 2.88 bits per heavy atom. The van der Waals surface area contributed by atoms with E-state index >= 15 is 0 Å². The minimum Gasteiger partial charge on any atom is -0.379 e. The summed E-state index contributed by atoms with van der Waals surface area (Å²) in [5.74, 6) is 0. The lowest BCUT2D eigenvalue weighted by Gasteiger charge is -2.08. The van der Waals surface area contributed by atoms with Crippen molar-refractivity contribution < 1.29 is 0 Å². The molecule has 0 spiro atoms. The maximum atomic E-state index is 6.10. The molecule has 0 aliphatic carbocycles. The third-order valence-corrected chi connectivity index (χ3v) is 4.18. The van der Waals surface area contributed by atoms with Gasteiger partial charge in [0, 0.05) is 15.9 Å². The first-order valence-corrected chi connectivity index (χ1v) is 6.94. The molecular formula is C12H11BrClNS. The summed E-state index contributed by atoms with van der Waals surface area (Å²) in [6, 6.07) is 7.94. The zero-order valence-corrected chi connectivity index (χ0v) is 11.9. The van der Waals surface area contributed by atoms with Crippen molar-refractivity contribution in [3.63, 3.8) is 0 Å². The van der Waals surface area contributed by atoms with Crippen LogP contribution in [-0.4, -0.2) is 0 Å². The van der Waals surface area contributed by atoms with E-state index in [0.717, 1.165) is 21.7 Å². The van der Waals surface area contributed by atoms with Gasteiger partial charge in [0.05, 0.1) is 10.7 Å². The Balaban J connectivity index is 2.10. The quantitative estimate of drug-likeness (QED) is 0.832. The lowest BCUT2D eigenvalue weighted by molar-refractivity contribution is 1.17. The van der Waals surface area contributed by atoms with Gasteiger partial charge in [-0.25, -0.2) is 0 Å². The van der Waals surface area contributed by atoms with Crippen LogP contribution in [0.1, 0.15) is 10.4 Å². The third kappa shape index (κ3) is 2.78. The number of rotatable bonds is 3. The van der Waals surface area contributed by atoms with Gasteiger partial charge in [-0.3, -0.25) is 0 Å². The van der Waals surface area contributed by atoms with Crippen molar-refractivity contribution in [3.8, 4) is 0 Å². The molecule has 0 radical (unpaired) electrons. The van der Waals surface area contributed by atoms with Crippen molar-refractivity contribution >= 4 is 44.6 Å². The zero-order valence-electron chi connectivity index (χ0n) is 8.76. The van der Waals surface area contributed by atoms with Gasteiger partial charge in [-0.2, -0.15) is 0 Å². The standard InChI is InChI=1S/C12H11BrClNS/c1-8-4-5-16-12(8)7-15-11-6-9(13)2-3-10(11)14/h2-6,15H,7H2,1H3. The molecule has 2 aromatic rings. The number of hydrogen-bond acceptors (Lipinski definition) is 2. The van der Waals surface area contributed by atoms with Gasteiger partial charge >= 0.3 is 0 Å². The molecular weight excluding hydrogens is 306 g/mol. The first-order valence-electron chi connectivity index (χ1n) is 4.88. The Labute approximate surface area is 113 Å². The molecule has 1 nitrogen and oxygen atoms in total. The predicted molar refractivity (Wildman–Crippen MR) is 75.5 cm³/mol. The highest BCUT2D eigenvalue weighted by Gasteiger charge is 2.03. The van der Waals surface area contributed by atoms with E-state index in [-0.39, 0.29) is 0 Å². The Morgan fingerprint density at radius 1 is 1.38 bits per heavy atom. The van der Waals surface area contributed by atoms with Crippen molar-refractivity contribution in [2.45, 2.75) is 13.5 Å². The molecule has 1 N–H and O–H groups in total. The molecule has 4 heteroatoms. The maximum absolute atomic E-state index is 6.10. The molecule has 84 valence electrons. The van der Waals surface area contributed by atoms with Crippen LogP contribution in [0.2, 0.25) is 5.02 Å². The van der Waals surface area contributed by atoms with Gasteiger partial charge < -0.3 is 5.32 Å². The van der Waals surface area contributed by atoms with Crippen molar-refractivity contribution in [1.29, 1.82) is 0 Å². The average Bonchev–Trinajstić information content (AvgIpc) is 2.66. The molecule has 0 bridgehead atoms. The van der Waals surface area contributed by atoms with Gasteiger partial charge in [-0.05, 0) is 42.1 Å². The molecule has 0 aliphatic rings. The number of nitrogens with one attached hydrogen (secondary N) is 1. The number of thiophene rings is 1. The second-order valence-corrected chi connectivity index (χ2v) is 5.83. The molecule has 1 aromatic carbocycles. The van der Waals surface area contributed by atoms with Gasteiger partial charge in [0.2, 0.25) is 0 Å². The lowest BCUT2D eigenvalue weighted by Crippen LogP contribution is -1.99. The minimum atomic E-state index is 0.748. The normalized spacial score (nSPS) is 10.4. The Kier molecular flexibility index (Phi) is 3.90. The summed E-state index contributed by atoms with van der Waals surface area (Å²) in [4.78, 5) is 1.34. The van der Waals surface area contributed by atoms with Crippen LogP contribution in [0, 0.1) is 6.92 Å². The summed E-state index contributed by atoms with van der Waals surface area (Å²) in [7, 11) is 0. The van der Waals surface area contributed by atoms with Crippen molar-refractivity contribution in [1.82, 2.24) is 0 Å². The second kappa shape index (κ2) is 5.21. The van der Waals surface area contributed by atoms with Crippen LogP contribution >= 0.6 is 38.9 Å². The van der Waals surface area contributed by atoms with Crippen LogP contribution in [0.3, 0.4) is 0 Å². The molecule has 0 unspecified atom stereocenters. The smallest absolute Gasteiger partial charge is 0.0638 e. The fraction of sp³-hybridized carbons (Fsp3) is 0.167. The van der Waals surface area contributed by atoms with Crippen LogP contribution in [0.25, 0.3) is 0 Å².